The summed E-state index contributed by atoms with van der Waals surface area (Å²) in [5, 5.41) is 8.79. The molecule has 0 aliphatic carbocycles. The SMILES string of the molecule is CC(C)N(CCC(=O)O)C(=O)c1ccc(COc2ccc(F)cc2)o1. The molecule has 1 heterocycles. The summed E-state index contributed by atoms with van der Waals surface area (Å²) in [5.74, 6) is -0.647. The largest absolute Gasteiger partial charge is 0.486 e. The molecule has 0 saturated heterocycles. The van der Waals surface area contributed by atoms with Gasteiger partial charge in [0.25, 0.3) is 5.91 Å². The minimum Gasteiger partial charge on any atom is -0.486 e. The Labute approximate surface area is 144 Å². The quantitative estimate of drug-likeness (QED) is 0.791. The average molecular weight is 349 g/mol. The smallest absolute Gasteiger partial charge is 0.305 e. The Balaban J connectivity index is 1.99. The molecular formula is C18H20FNO5. The summed E-state index contributed by atoms with van der Waals surface area (Å²) in [5.41, 5.74) is 0. The Morgan fingerprint density at radius 3 is 2.48 bits per heavy atom. The van der Waals surface area contributed by atoms with Crippen LogP contribution < -0.4 is 4.74 Å². The first-order valence-electron chi connectivity index (χ1n) is 7.86. The highest BCUT2D eigenvalue weighted by atomic mass is 19.1. The van der Waals surface area contributed by atoms with Crippen molar-refractivity contribution in [3.05, 3.63) is 53.7 Å². The summed E-state index contributed by atoms with van der Waals surface area (Å²) < 4.78 is 23.8. The summed E-state index contributed by atoms with van der Waals surface area (Å²) >= 11 is 0. The second kappa shape index (κ2) is 8.32. The number of aliphatic carboxylic acids is 1. The Morgan fingerprint density at radius 1 is 1.20 bits per heavy atom. The number of carbonyl (C=O) groups excluding carboxylic acids is 1. The van der Waals surface area contributed by atoms with Crippen LogP contribution >= 0.6 is 0 Å². The third-order valence-corrected chi connectivity index (χ3v) is 3.52. The highest BCUT2D eigenvalue weighted by Crippen LogP contribution is 2.17. The zero-order chi connectivity index (χ0) is 18.4. The molecule has 7 heteroatoms. The molecule has 0 aliphatic rings. The molecule has 1 aromatic heterocycles. The maximum Gasteiger partial charge on any atom is 0.305 e. The van der Waals surface area contributed by atoms with Gasteiger partial charge in [0, 0.05) is 12.6 Å². The van der Waals surface area contributed by atoms with Crippen LogP contribution in [0.5, 0.6) is 5.75 Å². The third-order valence-electron chi connectivity index (χ3n) is 3.52. The molecule has 1 N–H and O–H groups in total. The van der Waals surface area contributed by atoms with E-state index in [1.165, 1.54) is 35.2 Å². The van der Waals surface area contributed by atoms with Gasteiger partial charge in [-0.2, -0.15) is 0 Å². The number of benzene rings is 1. The van der Waals surface area contributed by atoms with Crippen molar-refractivity contribution in [1.82, 2.24) is 4.90 Å². The van der Waals surface area contributed by atoms with Gasteiger partial charge in [0.1, 0.15) is 23.9 Å². The van der Waals surface area contributed by atoms with Gasteiger partial charge in [0.05, 0.1) is 6.42 Å². The molecule has 1 amide bonds. The van der Waals surface area contributed by atoms with E-state index in [4.69, 9.17) is 14.3 Å². The minimum absolute atomic E-state index is 0.0930. The highest BCUT2D eigenvalue weighted by molar-refractivity contribution is 5.92. The van der Waals surface area contributed by atoms with E-state index in [2.05, 4.69) is 0 Å². The fourth-order valence-corrected chi connectivity index (χ4v) is 2.21. The lowest BCUT2D eigenvalue weighted by Crippen LogP contribution is -2.38. The van der Waals surface area contributed by atoms with Crippen molar-refractivity contribution in [3.8, 4) is 5.75 Å². The fraction of sp³-hybridized carbons (Fsp3) is 0.333. The van der Waals surface area contributed by atoms with Gasteiger partial charge >= 0.3 is 5.97 Å². The lowest BCUT2D eigenvalue weighted by atomic mass is 10.2. The standard InChI is InChI=1S/C18H20FNO5/c1-12(2)20(10-9-17(21)22)18(23)16-8-7-15(25-16)11-24-14-5-3-13(19)4-6-14/h3-8,12H,9-11H2,1-2H3,(H,21,22). The monoisotopic (exact) mass is 349 g/mol. The van der Waals surface area contributed by atoms with Crippen molar-refractivity contribution < 1.29 is 28.2 Å². The Hall–Kier alpha value is -2.83. The number of halogens is 1. The van der Waals surface area contributed by atoms with Gasteiger partial charge in [0.2, 0.25) is 0 Å². The number of carbonyl (C=O) groups is 2. The van der Waals surface area contributed by atoms with Gasteiger partial charge in [-0.15, -0.1) is 0 Å². The first-order chi connectivity index (χ1) is 11.9. The van der Waals surface area contributed by atoms with E-state index < -0.39 is 5.97 Å². The van der Waals surface area contributed by atoms with Crippen LogP contribution in [-0.4, -0.2) is 34.5 Å². The number of rotatable bonds is 8. The van der Waals surface area contributed by atoms with Crippen molar-refractivity contribution in [2.24, 2.45) is 0 Å². The van der Waals surface area contributed by atoms with Crippen molar-refractivity contribution in [2.45, 2.75) is 32.9 Å². The van der Waals surface area contributed by atoms with Gasteiger partial charge in [-0.3, -0.25) is 9.59 Å². The lowest BCUT2D eigenvalue weighted by molar-refractivity contribution is -0.137. The predicted molar refractivity (Wildman–Crippen MR) is 87.9 cm³/mol. The molecule has 0 aliphatic heterocycles. The molecule has 134 valence electrons. The molecule has 1 aromatic carbocycles. The fourth-order valence-electron chi connectivity index (χ4n) is 2.21. The van der Waals surface area contributed by atoms with E-state index in [0.717, 1.165) is 0 Å². The molecule has 0 spiro atoms. The molecule has 6 nitrogen and oxygen atoms in total. The molecule has 0 unspecified atom stereocenters. The van der Waals surface area contributed by atoms with E-state index in [-0.39, 0.29) is 43.1 Å². The second-order valence-corrected chi connectivity index (χ2v) is 5.74. The highest BCUT2D eigenvalue weighted by Gasteiger charge is 2.22. The van der Waals surface area contributed by atoms with Gasteiger partial charge in [-0.05, 0) is 50.2 Å². The topological polar surface area (TPSA) is 80.0 Å². The lowest BCUT2D eigenvalue weighted by Gasteiger charge is -2.25. The third kappa shape index (κ3) is 5.34. The number of amides is 1. The molecule has 25 heavy (non-hydrogen) atoms. The number of carboxylic acid groups (broad SMARTS) is 1. The van der Waals surface area contributed by atoms with Crippen molar-refractivity contribution >= 4 is 11.9 Å². The van der Waals surface area contributed by atoms with Gasteiger partial charge in [-0.25, -0.2) is 4.39 Å². The number of carboxylic acids is 1. The Morgan fingerprint density at radius 2 is 1.88 bits per heavy atom. The zero-order valence-electron chi connectivity index (χ0n) is 14.1. The summed E-state index contributed by atoms with van der Waals surface area (Å²) in [6.45, 7) is 3.81. The van der Waals surface area contributed by atoms with Crippen LogP contribution in [0.4, 0.5) is 4.39 Å². The second-order valence-electron chi connectivity index (χ2n) is 5.74. The van der Waals surface area contributed by atoms with Crippen LogP contribution in [0.3, 0.4) is 0 Å². The van der Waals surface area contributed by atoms with E-state index in [9.17, 15) is 14.0 Å². The van der Waals surface area contributed by atoms with Gasteiger partial charge in [0.15, 0.2) is 5.76 Å². The summed E-state index contributed by atoms with van der Waals surface area (Å²) in [6.07, 6.45) is -0.134. The molecule has 2 aromatic rings. The summed E-state index contributed by atoms with van der Waals surface area (Å²) in [4.78, 5) is 24.7. The van der Waals surface area contributed by atoms with Crippen LogP contribution in [0, 0.1) is 5.82 Å². The average Bonchev–Trinajstić information content (AvgIpc) is 3.02. The predicted octanol–water partition coefficient (Wildman–Crippen LogP) is 3.32. The van der Waals surface area contributed by atoms with E-state index in [1.807, 2.05) is 0 Å². The van der Waals surface area contributed by atoms with Crippen LogP contribution in [0.15, 0.2) is 40.8 Å². The maximum absolute atomic E-state index is 12.8. The minimum atomic E-state index is -0.966. The number of hydrogen-bond donors (Lipinski definition) is 1. The molecule has 2 rings (SSSR count). The molecule has 0 saturated carbocycles. The van der Waals surface area contributed by atoms with Crippen LogP contribution in [0.25, 0.3) is 0 Å². The maximum atomic E-state index is 12.8. The Kier molecular flexibility index (Phi) is 6.16. The molecule has 0 bridgehead atoms. The van der Waals surface area contributed by atoms with E-state index in [0.29, 0.717) is 11.5 Å². The number of ether oxygens (including phenoxy) is 1. The first kappa shape index (κ1) is 18.5. The number of nitrogens with zero attached hydrogens (tertiary/aromatic N) is 1. The molecule has 0 atom stereocenters. The van der Waals surface area contributed by atoms with Crippen LogP contribution in [0.2, 0.25) is 0 Å². The summed E-state index contributed by atoms with van der Waals surface area (Å²) in [6, 6.07) is 8.56. The first-order valence-corrected chi connectivity index (χ1v) is 7.86. The molecule has 0 radical (unpaired) electrons. The Bertz CT molecular complexity index is 723. The normalized spacial score (nSPS) is 10.7. The van der Waals surface area contributed by atoms with Gasteiger partial charge < -0.3 is 19.2 Å². The molecular weight excluding hydrogens is 329 g/mol. The van der Waals surface area contributed by atoms with Crippen molar-refractivity contribution in [3.63, 3.8) is 0 Å². The number of furan rings is 1. The van der Waals surface area contributed by atoms with Crippen molar-refractivity contribution in [2.75, 3.05) is 6.54 Å². The van der Waals surface area contributed by atoms with Gasteiger partial charge in [-0.1, -0.05) is 0 Å². The van der Waals surface area contributed by atoms with Crippen LogP contribution in [0.1, 0.15) is 36.6 Å². The molecule has 0 fully saturated rings. The van der Waals surface area contributed by atoms with Crippen LogP contribution in [-0.2, 0) is 11.4 Å². The van der Waals surface area contributed by atoms with E-state index >= 15 is 0 Å². The van der Waals surface area contributed by atoms with Crippen molar-refractivity contribution in [1.29, 1.82) is 0 Å². The number of hydrogen-bond acceptors (Lipinski definition) is 4. The summed E-state index contributed by atoms with van der Waals surface area (Å²) in [7, 11) is 0. The zero-order valence-corrected chi connectivity index (χ0v) is 14.1. The van der Waals surface area contributed by atoms with E-state index in [1.54, 1.807) is 19.9 Å².